The molecule has 1 N–H and O–H groups in total. The SMILES string of the molecule is COc1[nH]c(-c2ccc(C(C)(C)C)cc2)cc1-c1ccc(C(C)(C)C)cc1. The van der Waals surface area contributed by atoms with Crippen LogP contribution in [0.15, 0.2) is 54.6 Å². The molecule has 1 heterocycles. The fraction of sp³-hybridized carbons (Fsp3) is 0.360. The number of H-pyrrole nitrogens is 1. The molecule has 1 aromatic heterocycles. The maximum absolute atomic E-state index is 5.62. The quantitative estimate of drug-likeness (QED) is 0.536. The zero-order chi connectivity index (χ0) is 19.8. The lowest BCUT2D eigenvalue weighted by Crippen LogP contribution is -2.10. The van der Waals surface area contributed by atoms with Crippen molar-refractivity contribution in [2.45, 2.75) is 52.4 Å². The molecule has 3 aromatic rings. The summed E-state index contributed by atoms with van der Waals surface area (Å²) in [7, 11) is 1.71. The number of methoxy groups -OCH3 is 1. The lowest BCUT2D eigenvalue weighted by molar-refractivity contribution is 0.402. The third kappa shape index (κ3) is 4.10. The van der Waals surface area contributed by atoms with E-state index in [9.17, 15) is 0 Å². The molecular formula is C25H31NO. The molecule has 142 valence electrons. The first-order valence-corrected chi connectivity index (χ1v) is 9.58. The molecule has 0 spiro atoms. The van der Waals surface area contributed by atoms with Crippen molar-refractivity contribution in [1.82, 2.24) is 4.98 Å². The van der Waals surface area contributed by atoms with Crippen LogP contribution in [-0.4, -0.2) is 12.1 Å². The van der Waals surface area contributed by atoms with Gasteiger partial charge in [0.2, 0.25) is 0 Å². The molecule has 27 heavy (non-hydrogen) atoms. The molecule has 0 aliphatic heterocycles. The molecule has 0 saturated heterocycles. The van der Waals surface area contributed by atoms with Crippen molar-refractivity contribution in [2.24, 2.45) is 0 Å². The first-order valence-electron chi connectivity index (χ1n) is 9.58. The predicted octanol–water partition coefficient (Wildman–Crippen LogP) is 6.95. The molecule has 0 atom stereocenters. The van der Waals surface area contributed by atoms with Crippen LogP contribution < -0.4 is 4.74 Å². The van der Waals surface area contributed by atoms with Crippen LogP contribution in [0.25, 0.3) is 22.4 Å². The summed E-state index contributed by atoms with van der Waals surface area (Å²) >= 11 is 0. The Labute approximate surface area is 163 Å². The van der Waals surface area contributed by atoms with Crippen LogP contribution in [0.3, 0.4) is 0 Å². The van der Waals surface area contributed by atoms with Gasteiger partial charge in [-0.3, -0.25) is 0 Å². The maximum Gasteiger partial charge on any atom is 0.199 e. The Morgan fingerprint density at radius 2 is 1.11 bits per heavy atom. The molecule has 0 aliphatic rings. The summed E-state index contributed by atoms with van der Waals surface area (Å²) in [6.45, 7) is 13.4. The van der Waals surface area contributed by atoms with Crippen molar-refractivity contribution in [3.05, 3.63) is 65.7 Å². The molecular weight excluding hydrogens is 330 g/mol. The molecule has 0 radical (unpaired) electrons. The Kier molecular flexibility index (Phi) is 4.94. The number of aromatic nitrogens is 1. The third-order valence-electron chi connectivity index (χ3n) is 5.11. The minimum absolute atomic E-state index is 0.153. The van der Waals surface area contributed by atoms with E-state index in [0.717, 1.165) is 22.7 Å². The van der Waals surface area contributed by atoms with Crippen LogP contribution in [0.1, 0.15) is 52.7 Å². The van der Waals surface area contributed by atoms with Crippen molar-refractivity contribution < 1.29 is 4.74 Å². The molecule has 2 nitrogen and oxygen atoms in total. The summed E-state index contributed by atoms with van der Waals surface area (Å²) in [4.78, 5) is 3.43. The number of rotatable bonds is 3. The highest BCUT2D eigenvalue weighted by atomic mass is 16.5. The molecule has 2 heteroatoms. The second kappa shape index (κ2) is 6.92. The molecule has 0 unspecified atom stereocenters. The second-order valence-corrected chi connectivity index (χ2v) is 9.28. The molecule has 0 fully saturated rings. The van der Waals surface area contributed by atoms with Gasteiger partial charge in [0.1, 0.15) is 0 Å². The van der Waals surface area contributed by atoms with E-state index in [1.54, 1.807) is 7.11 Å². The van der Waals surface area contributed by atoms with E-state index < -0.39 is 0 Å². The Morgan fingerprint density at radius 3 is 1.52 bits per heavy atom. The minimum Gasteiger partial charge on any atom is -0.482 e. The minimum atomic E-state index is 0.153. The van der Waals surface area contributed by atoms with Crippen molar-refractivity contribution in [3.63, 3.8) is 0 Å². The highest BCUT2D eigenvalue weighted by Gasteiger charge is 2.17. The smallest absolute Gasteiger partial charge is 0.199 e. The lowest BCUT2D eigenvalue weighted by Gasteiger charge is -2.19. The van der Waals surface area contributed by atoms with Crippen LogP contribution >= 0.6 is 0 Å². The molecule has 2 aromatic carbocycles. The normalized spacial score (nSPS) is 12.3. The van der Waals surface area contributed by atoms with Crippen molar-refractivity contribution >= 4 is 0 Å². The summed E-state index contributed by atoms with van der Waals surface area (Å²) in [5, 5.41) is 0. The van der Waals surface area contributed by atoms with Crippen LogP contribution in [0.4, 0.5) is 0 Å². The topological polar surface area (TPSA) is 25.0 Å². The average molecular weight is 362 g/mol. The Morgan fingerprint density at radius 1 is 0.667 bits per heavy atom. The van der Waals surface area contributed by atoms with Gasteiger partial charge in [0.05, 0.1) is 7.11 Å². The van der Waals surface area contributed by atoms with Gasteiger partial charge in [-0.1, -0.05) is 90.1 Å². The van der Waals surface area contributed by atoms with Gasteiger partial charge in [-0.05, 0) is 39.2 Å². The number of aromatic amines is 1. The zero-order valence-electron chi connectivity index (χ0n) is 17.6. The van der Waals surface area contributed by atoms with Gasteiger partial charge in [0.15, 0.2) is 5.88 Å². The first kappa shape index (κ1) is 19.3. The first-order chi connectivity index (χ1) is 12.6. The Bertz CT molecular complexity index is 901. The van der Waals surface area contributed by atoms with Gasteiger partial charge in [0.25, 0.3) is 0 Å². The summed E-state index contributed by atoms with van der Waals surface area (Å²) in [6.07, 6.45) is 0. The van der Waals surface area contributed by atoms with E-state index in [0.29, 0.717) is 0 Å². The summed E-state index contributed by atoms with van der Waals surface area (Å²) in [5.74, 6) is 0.799. The number of ether oxygens (including phenoxy) is 1. The summed E-state index contributed by atoms with van der Waals surface area (Å²) in [6, 6.07) is 19.7. The maximum atomic E-state index is 5.62. The number of nitrogens with one attached hydrogen (secondary N) is 1. The monoisotopic (exact) mass is 361 g/mol. The predicted molar refractivity (Wildman–Crippen MR) is 116 cm³/mol. The lowest BCUT2D eigenvalue weighted by atomic mass is 9.86. The number of benzene rings is 2. The average Bonchev–Trinajstić information content (AvgIpc) is 3.05. The molecule has 0 saturated carbocycles. The van der Waals surface area contributed by atoms with Crippen molar-refractivity contribution in [1.29, 1.82) is 0 Å². The summed E-state index contributed by atoms with van der Waals surface area (Å²) in [5.41, 5.74) is 7.47. The van der Waals surface area contributed by atoms with Crippen LogP contribution in [0, 0.1) is 0 Å². The Hall–Kier alpha value is -2.48. The van der Waals surface area contributed by atoms with Crippen molar-refractivity contribution in [2.75, 3.05) is 7.11 Å². The third-order valence-corrected chi connectivity index (χ3v) is 5.11. The highest BCUT2D eigenvalue weighted by molar-refractivity contribution is 5.76. The van der Waals surface area contributed by atoms with Crippen molar-refractivity contribution in [3.8, 4) is 28.3 Å². The van der Waals surface area contributed by atoms with E-state index in [4.69, 9.17) is 4.74 Å². The fourth-order valence-electron chi connectivity index (χ4n) is 3.27. The van der Waals surface area contributed by atoms with E-state index in [1.165, 1.54) is 16.7 Å². The van der Waals surface area contributed by atoms with Gasteiger partial charge in [-0.2, -0.15) is 0 Å². The zero-order valence-corrected chi connectivity index (χ0v) is 17.6. The second-order valence-electron chi connectivity index (χ2n) is 9.28. The van der Waals surface area contributed by atoms with Crippen LogP contribution in [0.5, 0.6) is 5.88 Å². The molecule has 0 bridgehead atoms. The Balaban J connectivity index is 1.96. The van der Waals surface area contributed by atoms with Gasteiger partial charge in [-0.15, -0.1) is 0 Å². The van der Waals surface area contributed by atoms with Gasteiger partial charge < -0.3 is 9.72 Å². The van der Waals surface area contributed by atoms with E-state index in [-0.39, 0.29) is 10.8 Å². The standard InChI is InChI=1S/C25H31NO/c1-24(2,3)19-12-8-17(9-13-19)21-16-22(26-23(21)27-7)18-10-14-20(15-11-18)25(4,5)6/h8-16,26H,1-7H3. The van der Waals surface area contributed by atoms with Gasteiger partial charge in [-0.25, -0.2) is 0 Å². The largest absolute Gasteiger partial charge is 0.482 e. The molecule has 0 aliphatic carbocycles. The molecule has 0 amide bonds. The highest BCUT2D eigenvalue weighted by Crippen LogP contribution is 2.36. The van der Waals surface area contributed by atoms with Gasteiger partial charge in [0, 0.05) is 11.3 Å². The van der Waals surface area contributed by atoms with Crippen LogP contribution in [-0.2, 0) is 10.8 Å². The van der Waals surface area contributed by atoms with Crippen LogP contribution in [0.2, 0.25) is 0 Å². The van der Waals surface area contributed by atoms with Gasteiger partial charge >= 0.3 is 0 Å². The van der Waals surface area contributed by atoms with E-state index in [1.807, 2.05) is 0 Å². The number of hydrogen-bond donors (Lipinski definition) is 1. The number of hydrogen-bond acceptors (Lipinski definition) is 1. The molecule has 3 rings (SSSR count). The summed E-state index contributed by atoms with van der Waals surface area (Å²) < 4.78 is 5.62. The van der Waals surface area contributed by atoms with E-state index in [2.05, 4.69) is 101 Å². The fourth-order valence-corrected chi connectivity index (χ4v) is 3.27. The van der Waals surface area contributed by atoms with E-state index >= 15 is 0 Å².